The Bertz CT molecular complexity index is 576. The number of benzene rings is 1. The zero-order valence-electron chi connectivity index (χ0n) is 13.5. The highest BCUT2D eigenvalue weighted by atomic mass is 19.2. The molecular weight excluding hydrogens is 302 g/mol. The monoisotopic (exact) mass is 324 g/mol. The Labute approximate surface area is 135 Å². The molecule has 0 atom stereocenters. The maximum absolute atomic E-state index is 14.0. The molecule has 0 aliphatic heterocycles. The van der Waals surface area contributed by atoms with Gasteiger partial charge in [0.25, 0.3) is 0 Å². The van der Waals surface area contributed by atoms with E-state index in [-0.39, 0.29) is 11.7 Å². The van der Waals surface area contributed by atoms with Crippen LogP contribution in [0.1, 0.15) is 46.0 Å². The molecule has 1 fully saturated rings. The molecule has 5 heteroatoms. The molecule has 1 aliphatic rings. The van der Waals surface area contributed by atoms with E-state index in [4.69, 9.17) is 9.47 Å². The topological polar surface area (TPSA) is 35.5 Å². The molecule has 23 heavy (non-hydrogen) atoms. The van der Waals surface area contributed by atoms with Crippen LogP contribution < -0.4 is 9.47 Å². The van der Waals surface area contributed by atoms with Crippen LogP contribution in [0.2, 0.25) is 0 Å². The van der Waals surface area contributed by atoms with E-state index in [1.165, 1.54) is 18.4 Å². The molecule has 0 aromatic heterocycles. The first-order chi connectivity index (χ1) is 11.1. The molecule has 2 rings (SSSR count). The number of carbonyl (C=O) groups excluding carboxylic acids is 1. The standard InChI is InChI=1S/C18H22F2O3/c1-3-11-22-14-9-10-15(17(20)16(14)19)23-18(21)13-7-5-12(4-2)6-8-13/h3,9-13H,4-8H2,1-2H3/b11-3+. The molecular formula is C18H22F2O3. The molecule has 0 spiro atoms. The average Bonchev–Trinajstić information content (AvgIpc) is 2.58. The predicted molar refractivity (Wildman–Crippen MR) is 83.2 cm³/mol. The molecule has 0 N–H and O–H groups in total. The Hall–Kier alpha value is -1.91. The van der Waals surface area contributed by atoms with Crippen molar-refractivity contribution in [2.75, 3.05) is 0 Å². The summed E-state index contributed by atoms with van der Waals surface area (Å²) in [5.41, 5.74) is 0. The largest absolute Gasteiger partial charge is 0.462 e. The first kappa shape index (κ1) is 17.4. The van der Waals surface area contributed by atoms with Crippen LogP contribution in [-0.4, -0.2) is 5.97 Å². The summed E-state index contributed by atoms with van der Waals surface area (Å²) in [6.07, 6.45) is 7.34. The van der Waals surface area contributed by atoms with Gasteiger partial charge in [-0.2, -0.15) is 8.78 Å². The number of hydrogen-bond donors (Lipinski definition) is 0. The van der Waals surface area contributed by atoms with Gasteiger partial charge in [-0.15, -0.1) is 0 Å². The third-order valence-electron chi connectivity index (χ3n) is 4.31. The van der Waals surface area contributed by atoms with Crippen molar-refractivity contribution >= 4 is 5.97 Å². The van der Waals surface area contributed by atoms with Gasteiger partial charge in [0.15, 0.2) is 11.5 Å². The minimum Gasteiger partial charge on any atom is -0.462 e. The van der Waals surface area contributed by atoms with Crippen LogP contribution in [-0.2, 0) is 4.79 Å². The van der Waals surface area contributed by atoms with Crippen molar-refractivity contribution in [1.29, 1.82) is 0 Å². The van der Waals surface area contributed by atoms with Crippen LogP contribution in [0.15, 0.2) is 24.5 Å². The fourth-order valence-electron chi connectivity index (χ4n) is 2.82. The number of ether oxygens (including phenoxy) is 2. The molecule has 1 aliphatic carbocycles. The molecule has 0 bridgehead atoms. The van der Waals surface area contributed by atoms with E-state index in [0.717, 1.165) is 32.1 Å². The molecule has 0 heterocycles. The van der Waals surface area contributed by atoms with Crippen molar-refractivity contribution < 1.29 is 23.0 Å². The molecule has 126 valence electrons. The van der Waals surface area contributed by atoms with Crippen LogP contribution in [0.5, 0.6) is 11.5 Å². The van der Waals surface area contributed by atoms with Crippen LogP contribution in [0.25, 0.3) is 0 Å². The molecule has 0 amide bonds. The predicted octanol–water partition coefficient (Wildman–Crippen LogP) is 5.00. The zero-order valence-corrected chi connectivity index (χ0v) is 13.5. The van der Waals surface area contributed by atoms with Crippen LogP contribution in [0, 0.1) is 23.5 Å². The number of halogens is 2. The maximum atomic E-state index is 14.0. The second kappa shape index (κ2) is 8.09. The summed E-state index contributed by atoms with van der Waals surface area (Å²) in [4.78, 5) is 12.1. The summed E-state index contributed by atoms with van der Waals surface area (Å²) in [5, 5.41) is 0. The third kappa shape index (κ3) is 4.30. The Morgan fingerprint density at radius 3 is 2.39 bits per heavy atom. The lowest BCUT2D eigenvalue weighted by Gasteiger charge is -2.26. The van der Waals surface area contributed by atoms with Crippen LogP contribution in [0.4, 0.5) is 8.78 Å². The first-order valence-corrected chi connectivity index (χ1v) is 8.04. The van der Waals surface area contributed by atoms with Crippen molar-refractivity contribution in [2.24, 2.45) is 11.8 Å². The second-order valence-corrected chi connectivity index (χ2v) is 5.82. The van der Waals surface area contributed by atoms with Gasteiger partial charge in [0.05, 0.1) is 12.2 Å². The number of allylic oxidation sites excluding steroid dienone is 1. The van der Waals surface area contributed by atoms with E-state index in [1.54, 1.807) is 13.0 Å². The molecule has 0 radical (unpaired) electrons. The minimum absolute atomic E-state index is 0.237. The summed E-state index contributed by atoms with van der Waals surface area (Å²) < 4.78 is 37.8. The van der Waals surface area contributed by atoms with Gasteiger partial charge in [-0.05, 0) is 50.7 Å². The van der Waals surface area contributed by atoms with Gasteiger partial charge in [0.1, 0.15) is 0 Å². The average molecular weight is 324 g/mol. The fourth-order valence-corrected chi connectivity index (χ4v) is 2.82. The van der Waals surface area contributed by atoms with Gasteiger partial charge in [-0.1, -0.05) is 19.4 Å². The lowest BCUT2D eigenvalue weighted by atomic mass is 9.81. The summed E-state index contributed by atoms with van der Waals surface area (Å²) >= 11 is 0. The first-order valence-electron chi connectivity index (χ1n) is 8.04. The maximum Gasteiger partial charge on any atom is 0.314 e. The highest BCUT2D eigenvalue weighted by molar-refractivity contribution is 5.75. The van der Waals surface area contributed by atoms with Crippen molar-refractivity contribution in [3.63, 3.8) is 0 Å². The summed E-state index contributed by atoms with van der Waals surface area (Å²) in [6, 6.07) is 2.46. The molecule has 1 saturated carbocycles. The highest BCUT2D eigenvalue weighted by Crippen LogP contribution is 2.33. The fraction of sp³-hybridized carbons (Fsp3) is 0.500. The zero-order chi connectivity index (χ0) is 16.8. The van der Waals surface area contributed by atoms with Gasteiger partial charge in [-0.3, -0.25) is 4.79 Å². The van der Waals surface area contributed by atoms with Gasteiger partial charge < -0.3 is 9.47 Å². The lowest BCUT2D eigenvalue weighted by molar-refractivity contribution is -0.140. The van der Waals surface area contributed by atoms with Crippen molar-refractivity contribution in [3.8, 4) is 11.5 Å². The van der Waals surface area contributed by atoms with E-state index in [9.17, 15) is 13.6 Å². The molecule has 0 unspecified atom stereocenters. The van der Waals surface area contributed by atoms with Gasteiger partial charge >= 0.3 is 5.97 Å². The summed E-state index contributed by atoms with van der Waals surface area (Å²) in [5.74, 6) is -3.08. The summed E-state index contributed by atoms with van der Waals surface area (Å²) in [7, 11) is 0. The number of hydrogen-bond acceptors (Lipinski definition) is 3. The van der Waals surface area contributed by atoms with E-state index in [1.807, 2.05) is 0 Å². The molecule has 0 saturated heterocycles. The molecule has 3 nitrogen and oxygen atoms in total. The van der Waals surface area contributed by atoms with Gasteiger partial charge in [-0.25, -0.2) is 0 Å². The smallest absolute Gasteiger partial charge is 0.314 e. The van der Waals surface area contributed by atoms with E-state index in [2.05, 4.69) is 6.92 Å². The van der Waals surface area contributed by atoms with Crippen molar-refractivity contribution in [2.45, 2.75) is 46.0 Å². The van der Waals surface area contributed by atoms with Crippen LogP contribution >= 0.6 is 0 Å². The van der Waals surface area contributed by atoms with E-state index < -0.39 is 23.4 Å². The lowest BCUT2D eigenvalue weighted by Crippen LogP contribution is -2.25. The second-order valence-electron chi connectivity index (χ2n) is 5.82. The Kier molecular flexibility index (Phi) is 6.13. The van der Waals surface area contributed by atoms with Crippen molar-refractivity contribution in [1.82, 2.24) is 0 Å². The normalized spacial score (nSPS) is 21.4. The Balaban J connectivity index is 2.02. The van der Waals surface area contributed by atoms with E-state index >= 15 is 0 Å². The number of esters is 1. The van der Waals surface area contributed by atoms with Gasteiger partial charge in [0, 0.05) is 0 Å². The molecule has 1 aromatic rings. The Morgan fingerprint density at radius 1 is 1.17 bits per heavy atom. The quantitative estimate of drug-likeness (QED) is 0.434. The van der Waals surface area contributed by atoms with Gasteiger partial charge in [0.2, 0.25) is 11.6 Å². The Morgan fingerprint density at radius 2 is 1.78 bits per heavy atom. The summed E-state index contributed by atoms with van der Waals surface area (Å²) in [6.45, 7) is 3.83. The number of carbonyl (C=O) groups is 1. The third-order valence-corrected chi connectivity index (χ3v) is 4.31. The highest BCUT2D eigenvalue weighted by Gasteiger charge is 2.28. The number of rotatable bonds is 5. The van der Waals surface area contributed by atoms with E-state index in [0.29, 0.717) is 5.92 Å². The van der Waals surface area contributed by atoms with Crippen LogP contribution in [0.3, 0.4) is 0 Å². The SMILES string of the molecule is C/C=C/Oc1ccc(OC(=O)C2CCC(CC)CC2)c(F)c1F. The van der Waals surface area contributed by atoms with Crippen molar-refractivity contribution in [3.05, 3.63) is 36.1 Å². The minimum atomic E-state index is -1.21. The molecule has 1 aromatic carbocycles.